The SMILES string of the molecule is COc1ccc2c3c1OC1C(OC(=O)C[C@@H](O)C(=O)O)=CC[C@@]4(O)[C@@H](C2)N(C)CCC314. The lowest BCUT2D eigenvalue weighted by Gasteiger charge is -2.61. The van der Waals surface area contributed by atoms with E-state index in [4.69, 9.17) is 19.3 Å². The van der Waals surface area contributed by atoms with Crippen molar-refractivity contribution in [2.45, 2.75) is 54.9 Å². The van der Waals surface area contributed by atoms with E-state index in [1.165, 1.54) is 0 Å². The molecule has 5 atom stereocenters. The largest absolute Gasteiger partial charge is 0.493 e. The Balaban J connectivity index is 1.59. The van der Waals surface area contributed by atoms with Gasteiger partial charge in [0.25, 0.3) is 0 Å². The van der Waals surface area contributed by atoms with Crippen LogP contribution in [0.1, 0.15) is 30.4 Å². The van der Waals surface area contributed by atoms with Gasteiger partial charge in [-0.3, -0.25) is 4.79 Å². The zero-order chi connectivity index (χ0) is 22.1. The van der Waals surface area contributed by atoms with Crippen LogP contribution in [0.25, 0.3) is 0 Å². The minimum Gasteiger partial charge on any atom is -0.493 e. The summed E-state index contributed by atoms with van der Waals surface area (Å²) in [6, 6.07) is 3.73. The fraction of sp³-hybridized carbons (Fsp3) is 0.545. The zero-order valence-electron chi connectivity index (χ0n) is 17.3. The lowest BCUT2D eigenvalue weighted by atomic mass is 9.50. The first kappa shape index (κ1) is 20.3. The highest BCUT2D eigenvalue weighted by Crippen LogP contribution is 2.65. The highest BCUT2D eigenvalue weighted by molar-refractivity contribution is 5.81. The van der Waals surface area contributed by atoms with Crippen LogP contribution in [0.2, 0.25) is 0 Å². The minimum absolute atomic E-state index is 0.124. The molecule has 9 heteroatoms. The monoisotopic (exact) mass is 431 g/mol. The third kappa shape index (κ3) is 2.54. The Morgan fingerprint density at radius 2 is 2.16 bits per heavy atom. The molecule has 0 aromatic heterocycles. The number of carboxylic acids is 1. The third-order valence-corrected chi connectivity index (χ3v) is 7.43. The number of aliphatic hydroxyl groups is 2. The van der Waals surface area contributed by atoms with Crippen molar-refractivity contribution in [3.63, 3.8) is 0 Å². The molecule has 1 spiro atoms. The maximum absolute atomic E-state index is 12.3. The standard InChI is InChI=1S/C22H25NO8/c1-23-8-7-21-17-11-3-4-13(29-2)18(17)31-19(21)14(5-6-22(21,28)15(23)9-11)30-16(25)10-12(24)20(26)27/h3-5,12,15,19,24,28H,6-10H2,1-2H3,(H,26,27)/t12-,15-,19?,21?,22-/m1/s1. The van der Waals surface area contributed by atoms with Crippen molar-refractivity contribution in [1.82, 2.24) is 4.90 Å². The number of rotatable bonds is 5. The fourth-order valence-corrected chi connectivity index (χ4v) is 6.01. The van der Waals surface area contributed by atoms with E-state index in [1.807, 2.05) is 19.2 Å². The van der Waals surface area contributed by atoms with E-state index in [9.17, 15) is 19.8 Å². The molecule has 31 heavy (non-hydrogen) atoms. The molecule has 2 aliphatic carbocycles. The van der Waals surface area contributed by atoms with E-state index in [0.29, 0.717) is 24.3 Å². The molecule has 1 fully saturated rings. The highest BCUT2D eigenvalue weighted by Gasteiger charge is 2.72. The van der Waals surface area contributed by atoms with E-state index >= 15 is 0 Å². The number of carbonyl (C=O) groups excluding carboxylic acids is 1. The predicted octanol–water partition coefficient (Wildman–Crippen LogP) is 0.352. The topological polar surface area (TPSA) is 126 Å². The molecule has 2 unspecified atom stereocenters. The van der Waals surface area contributed by atoms with E-state index in [0.717, 1.165) is 17.7 Å². The molecular formula is C22H25NO8. The van der Waals surface area contributed by atoms with Gasteiger partial charge in [0.05, 0.1) is 24.5 Å². The Morgan fingerprint density at radius 3 is 2.87 bits per heavy atom. The van der Waals surface area contributed by atoms with Gasteiger partial charge in [0.15, 0.2) is 23.7 Å². The van der Waals surface area contributed by atoms with Crippen LogP contribution in [-0.2, 0) is 26.2 Å². The molecule has 3 N–H and O–H groups in total. The number of aliphatic hydroxyl groups excluding tert-OH is 1. The van der Waals surface area contributed by atoms with Gasteiger partial charge in [0.2, 0.25) is 0 Å². The van der Waals surface area contributed by atoms with Crippen molar-refractivity contribution in [1.29, 1.82) is 0 Å². The van der Waals surface area contributed by atoms with E-state index in [2.05, 4.69) is 4.90 Å². The molecule has 1 saturated heterocycles. The quantitative estimate of drug-likeness (QED) is 0.566. The first-order valence-corrected chi connectivity index (χ1v) is 10.3. The summed E-state index contributed by atoms with van der Waals surface area (Å²) in [6.45, 7) is 0.738. The summed E-state index contributed by atoms with van der Waals surface area (Å²) in [5.74, 6) is -1.02. The number of likely N-dealkylation sites (tertiary alicyclic amines) is 1. The van der Waals surface area contributed by atoms with Gasteiger partial charge in [-0.15, -0.1) is 0 Å². The van der Waals surface area contributed by atoms with Crippen LogP contribution < -0.4 is 9.47 Å². The molecule has 1 aromatic carbocycles. The van der Waals surface area contributed by atoms with Gasteiger partial charge in [0.1, 0.15) is 5.76 Å². The molecule has 2 aliphatic heterocycles. The average molecular weight is 431 g/mol. The second-order valence-corrected chi connectivity index (χ2v) is 8.82. The summed E-state index contributed by atoms with van der Waals surface area (Å²) >= 11 is 0. The molecule has 0 radical (unpaired) electrons. The second kappa shape index (κ2) is 6.69. The lowest BCUT2D eigenvalue weighted by molar-refractivity contribution is -0.170. The van der Waals surface area contributed by atoms with Gasteiger partial charge in [-0.05, 0) is 44.1 Å². The number of carboxylic acid groups (broad SMARTS) is 1. The lowest BCUT2D eigenvalue weighted by Crippen LogP contribution is -2.74. The fourth-order valence-electron chi connectivity index (χ4n) is 6.01. The first-order valence-electron chi connectivity index (χ1n) is 10.3. The predicted molar refractivity (Wildman–Crippen MR) is 106 cm³/mol. The molecule has 5 rings (SSSR count). The van der Waals surface area contributed by atoms with Crippen LogP contribution >= 0.6 is 0 Å². The Hall–Kier alpha value is -2.62. The van der Waals surface area contributed by atoms with Crippen LogP contribution in [-0.4, -0.2) is 76.7 Å². The van der Waals surface area contributed by atoms with Crippen molar-refractivity contribution < 1.29 is 39.1 Å². The number of esters is 1. The molecular weight excluding hydrogens is 406 g/mol. The number of hydrogen-bond acceptors (Lipinski definition) is 8. The number of likely N-dealkylation sites (N-methyl/N-ethyl adjacent to an activating group) is 1. The number of ether oxygens (including phenoxy) is 3. The van der Waals surface area contributed by atoms with Gasteiger partial charge in [0, 0.05) is 18.0 Å². The molecule has 0 amide bonds. The maximum atomic E-state index is 12.3. The summed E-state index contributed by atoms with van der Waals surface area (Å²) in [5, 5.41) is 30.4. The van der Waals surface area contributed by atoms with Gasteiger partial charge < -0.3 is 34.4 Å². The Kier molecular flexibility index (Phi) is 4.38. The third-order valence-electron chi connectivity index (χ3n) is 7.43. The van der Waals surface area contributed by atoms with Crippen molar-refractivity contribution in [3.05, 3.63) is 35.1 Å². The summed E-state index contributed by atoms with van der Waals surface area (Å²) in [4.78, 5) is 25.4. The molecule has 4 aliphatic rings. The number of aliphatic carboxylic acids is 1. The first-order chi connectivity index (χ1) is 14.7. The molecule has 9 nitrogen and oxygen atoms in total. The average Bonchev–Trinajstić information content (AvgIpc) is 3.08. The van der Waals surface area contributed by atoms with Crippen LogP contribution in [0.4, 0.5) is 0 Å². The number of piperidine rings is 1. The van der Waals surface area contributed by atoms with Crippen molar-refractivity contribution in [2.24, 2.45) is 0 Å². The smallest absolute Gasteiger partial charge is 0.333 e. The van der Waals surface area contributed by atoms with E-state index in [-0.39, 0.29) is 18.2 Å². The zero-order valence-corrected chi connectivity index (χ0v) is 17.3. The maximum Gasteiger partial charge on any atom is 0.333 e. The normalized spacial score (nSPS) is 33.6. The summed E-state index contributed by atoms with van der Waals surface area (Å²) in [7, 11) is 3.56. The molecule has 1 aromatic rings. The summed E-state index contributed by atoms with van der Waals surface area (Å²) < 4.78 is 17.4. The van der Waals surface area contributed by atoms with Gasteiger partial charge >= 0.3 is 11.9 Å². The minimum atomic E-state index is -1.84. The van der Waals surface area contributed by atoms with Crippen molar-refractivity contribution >= 4 is 11.9 Å². The van der Waals surface area contributed by atoms with Crippen LogP contribution in [0.3, 0.4) is 0 Å². The van der Waals surface area contributed by atoms with Crippen molar-refractivity contribution in [2.75, 3.05) is 20.7 Å². The van der Waals surface area contributed by atoms with Crippen LogP contribution in [0, 0.1) is 0 Å². The van der Waals surface area contributed by atoms with Crippen molar-refractivity contribution in [3.8, 4) is 11.5 Å². The second-order valence-electron chi connectivity index (χ2n) is 8.82. The molecule has 0 saturated carbocycles. The number of nitrogens with zero attached hydrogens (tertiary/aromatic N) is 1. The number of benzene rings is 1. The number of carbonyl (C=O) groups is 2. The Bertz CT molecular complexity index is 1010. The van der Waals surface area contributed by atoms with Gasteiger partial charge in [-0.25, -0.2) is 4.79 Å². The van der Waals surface area contributed by atoms with E-state index in [1.54, 1.807) is 13.2 Å². The highest BCUT2D eigenvalue weighted by atomic mass is 16.6. The van der Waals surface area contributed by atoms with Gasteiger partial charge in [-0.2, -0.15) is 0 Å². The Morgan fingerprint density at radius 1 is 1.39 bits per heavy atom. The van der Waals surface area contributed by atoms with E-state index < -0.39 is 41.6 Å². The number of hydrogen-bond donors (Lipinski definition) is 3. The van der Waals surface area contributed by atoms with Gasteiger partial charge in [-0.1, -0.05) is 6.07 Å². The molecule has 2 heterocycles. The van der Waals surface area contributed by atoms with Crippen LogP contribution in [0.15, 0.2) is 24.0 Å². The Labute approximate surface area is 178 Å². The molecule has 166 valence electrons. The molecule has 2 bridgehead atoms. The number of methoxy groups -OCH3 is 1. The van der Waals surface area contributed by atoms with Crippen LogP contribution in [0.5, 0.6) is 11.5 Å². The summed E-state index contributed by atoms with van der Waals surface area (Å²) in [6.07, 6.45) is -0.0812. The summed E-state index contributed by atoms with van der Waals surface area (Å²) in [5.41, 5.74) is 0.0627.